The minimum Gasteiger partial charge on any atom is -0.481 e. The van der Waals surface area contributed by atoms with Gasteiger partial charge >= 0.3 is 11.9 Å². The van der Waals surface area contributed by atoms with Gasteiger partial charge in [0.15, 0.2) is 0 Å². The van der Waals surface area contributed by atoms with Gasteiger partial charge in [-0.25, -0.2) is 4.79 Å². The van der Waals surface area contributed by atoms with Crippen LogP contribution in [0.4, 0.5) is 0 Å². The second-order valence-electron chi connectivity index (χ2n) is 4.33. The van der Waals surface area contributed by atoms with Gasteiger partial charge in [0.1, 0.15) is 6.04 Å². The summed E-state index contributed by atoms with van der Waals surface area (Å²) < 4.78 is 0. The lowest BCUT2D eigenvalue weighted by Gasteiger charge is -2.22. The van der Waals surface area contributed by atoms with Crippen molar-refractivity contribution in [3.05, 3.63) is 0 Å². The van der Waals surface area contributed by atoms with E-state index < -0.39 is 24.4 Å². The molecule has 1 fully saturated rings. The van der Waals surface area contributed by atoms with Crippen molar-refractivity contribution in [2.45, 2.75) is 44.6 Å². The summed E-state index contributed by atoms with van der Waals surface area (Å²) in [6.07, 6.45) is 3.95. The van der Waals surface area contributed by atoms with Crippen molar-refractivity contribution in [3.8, 4) is 0 Å². The number of carboxylic acid groups (broad SMARTS) is 2. The van der Waals surface area contributed by atoms with E-state index in [9.17, 15) is 14.4 Å². The number of carbonyl (C=O) groups is 3. The Bertz CT molecular complexity index is 309. The van der Waals surface area contributed by atoms with E-state index in [0.717, 1.165) is 32.1 Å². The fraction of sp³-hybridized carbons (Fsp3) is 0.727. The number of carboxylic acids is 2. The molecule has 6 nitrogen and oxygen atoms in total. The molecule has 0 bridgehead atoms. The summed E-state index contributed by atoms with van der Waals surface area (Å²) >= 11 is 0. The first-order valence-electron chi connectivity index (χ1n) is 5.75. The monoisotopic (exact) mass is 243 g/mol. The summed E-state index contributed by atoms with van der Waals surface area (Å²) in [4.78, 5) is 33.0. The van der Waals surface area contributed by atoms with Crippen LogP contribution in [0.25, 0.3) is 0 Å². The molecule has 0 radical (unpaired) electrons. The van der Waals surface area contributed by atoms with Crippen LogP contribution in [0.3, 0.4) is 0 Å². The smallest absolute Gasteiger partial charge is 0.326 e. The van der Waals surface area contributed by atoms with Crippen molar-refractivity contribution in [2.24, 2.45) is 5.92 Å². The van der Waals surface area contributed by atoms with Crippen molar-refractivity contribution in [1.29, 1.82) is 0 Å². The van der Waals surface area contributed by atoms with Crippen LogP contribution < -0.4 is 5.32 Å². The number of hydrogen-bond donors (Lipinski definition) is 3. The quantitative estimate of drug-likeness (QED) is 0.656. The Morgan fingerprint density at radius 3 is 2.18 bits per heavy atom. The van der Waals surface area contributed by atoms with Crippen molar-refractivity contribution in [1.82, 2.24) is 5.32 Å². The average molecular weight is 243 g/mol. The Balaban J connectivity index is 2.50. The van der Waals surface area contributed by atoms with Gasteiger partial charge in [-0.2, -0.15) is 0 Å². The lowest BCUT2D eigenvalue weighted by atomic mass is 9.88. The Morgan fingerprint density at radius 1 is 1.12 bits per heavy atom. The van der Waals surface area contributed by atoms with Crippen molar-refractivity contribution >= 4 is 17.8 Å². The summed E-state index contributed by atoms with van der Waals surface area (Å²) in [5.74, 6) is -3.05. The highest BCUT2D eigenvalue weighted by Crippen LogP contribution is 2.23. The van der Waals surface area contributed by atoms with E-state index in [4.69, 9.17) is 10.2 Å². The number of nitrogens with one attached hydrogen (secondary N) is 1. The first kappa shape index (κ1) is 13.5. The van der Waals surface area contributed by atoms with Gasteiger partial charge in [0, 0.05) is 5.92 Å². The molecule has 6 heteroatoms. The molecule has 0 spiro atoms. The topological polar surface area (TPSA) is 104 Å². The third-order valence-electron chi connectivity index (χ3n) is 2.97. The van der Waals surface area contributed by atoms with Gasteiger partial charge in [0.25, 0.3) is 0 Å². The van der Waals surface area contributed by atoms with Crippen molar-refractivity contribution in [3.63, 3.8) is 0 Å². The van der Waals surface area contributed by atoms with Crippen LogP contribution in [-0.2, 0) is 14.4 Å². The first-order chi connectivity index (χ1) is 8.00. The van der Waals surface area contributed by atoms with Gasteiger partial charge in [-0.3, -0.25) is 9.59 Å². The number of aliphatic carboxylic acids is 2. The lowest BCUT2D eigenvalue weighted by molar-refractivity contribution is -0.147. The molecule has 1 aliphatic carbocycles. The zero-order chi connectivity index (χ0) is 12.8. The van der Waals surface area contributed by atoms with E-state index in [2.05, 4.69) is 5.32 Å². The number of rotatable bonds is 5. The van der Waals surface area contributed by atoms with Crippen LogP contribution in [0.15, 0.2) is 0 Å². The molecule has 1 amide bonds. The largest absolute Gasteiger partial charge is 0.481 e. The van der Waals surface area contributed by atoms with Gasteiger partial charge in [-0.15, -0.1) is 0 Å². The zero-order valence-electron chi connectivity index (χ0n) is 9.52. The summed E-state index contributed by atoms with van der Waals surface area (Å²) in [6.45, 7) is 0. The van der Waals surface area contributed by atoms with E-state index in [1.165, 1.54) is 0 Å². The summed E-state index contributed by atoms with van der Waals surface area (Å²) in [5, 5.41) is 19.6. The molecule has 1 aliphatic rings. The Hall–Kier alpha value is -1.59. The van der Waals surface area contributed by atoms with Gasteiger partial charge in [-0.05, 0) is 12.8 Å². The van der Waals surface area contributed by atoms with Crippen molar-refractivity contribution in [2.75, 3.05) is 0 Å². The molecule has 1 atom stereocenters. The maximum Gasteiger partial charge on any atom is 0.326 e. The van der Waals surface area contributed by atoms with Crippen molar-refractivity contribution < 1.29 is 24.6 Å². The highest BCUT2D eigenvalue weighted by molar-refractivity contribution is 5.87. The standard InChI is InChI=1S/C11H17NO5/c13-9(14)6-8(11(16)17)12-10(15)7-4-2-1-3-5-7/h7-8H,1-6H2,(H,12,15)(H,13,14)(H,16,17)/t8-/m0/s1. The third-order valence-corrected chi connectivity index (χ3v) is 2.97. The lowest BCUT2D eigenvalue weighted by Crippen LogP contribution is -2.45. The Labute approximate surface area is 99.0 Å². The van der Waals surface area contributed by atoms with Crippen LogP contribution in [0, 0.1) is 5.92 Å². The Morgan fingerprint density at radius 2 is 1.71 bits per heavy atom. The number of hydrogen-bond acceptors (Lipinski definition) is 3. The van der Waals surface area contributed by atoms with E-state index in [-0.39, 0.29) is 11.8 Å². The van der Waals surface area contributed by atoms with E-state index in [1.54, 1.807) is 0 Å². The fourth-order valence-corrected chi connectivity index (χ4v) is 2.03. The van der Waals surface area contributed by atoms with Gasteiger partial charge in [0.05, 0.1) is 6.42 Å². The molecule has 0 aliphatic heterocycles. The Kier molecular flexibility index (Phi) is 4.93. The maximum atomic E-state index is 11.7. The van der Waals surface area contributed by atoms with E-state index >= 15 is 0 Å². The highest BCUT2D eigenvalue weighted by Gasteiger charge is 2.27. The van der Waals surface area contributed by atoms with Gasteiger partial charge in [0.2, 0.25) is 5.91 Å². The normalized spacial score (nSPS) is 18.4. The van der Waals surface area contributed by atoms with E-state index in [0.29, 0.717) is 0 Å². The molecule has 96 valence electrons. The fourth-order valence-electron chi connectivity index (χ4n) is 2.03. The maximum absolute atomic E-state index is 11.7. The highest BCUT2D eigenvalue weighted by atomic mass is 16.4. The first-order valence-corrected chi connectivity index (χ1v) is 5.75. The zero-order valence-corrected chi connectivity index (χ0v) is 9.52. The van der Waals surface area contributed by atoms with Crippen LogP contribution in [-0.4, -0.2) is 34.1 Å². The SMILES string of the molecule is O=C(O)C[C@H](NC(=O)C1CCCCC1)C(=O)O. The van der Waals surface area contributed by atoms with Crippen LogP contribution >= 0.6 is 0 Å². The minimum absolute atomic E-state index is 0.167. The molecule has 0 saturated heterocycles. The molecule has 1 rings (SSSR count). The molecule has 0 aromatic heterocycles. The summed E-state index contributed by atoms with van der Waals surface area (Å²) in [6, 6.07) is -1.33. The second-order valence-corrected chi connectivity index (χ2v) is 4.33. The van der Waals surface area contributed by atoms with E-state index in [1.807, 2.05) is 0 Å². The molecular weight excluding hydrogens is 226 g/mol. The molecule has 0 aromatic rings. The average Bonchev–Trinajstić information content (AvgIpc) is 2.28. The molecule has 3 N–H and O–H groups in total. The molecule has 17 heavy (non-hydrogen) atoms. The van der Waals surface area contributed by atoms with Gasteiger partial charge < -0.3 is 15.5 Å². The molecule has 0 heterocycles. The van der Waals surface area contributed by atoms with Crippen LogP contribution in [0.2, 0.25) is 0 Å². The molecule has 1 saturated carbocycles. The summed E-state index contributed by atoms with van der Waals surface area (Å²) in [7, 11) is 0. The summed E-state index contributed by atoms with van der Waals surface area (Å²) in [5.41, 5.74) is 0. The molecule has 0 aromatic carbocycles. The van der Waals surface area contributed by atoms with Crippen LogP contribution in [0.5, 0.6) is 0 Å². The predicted molar refractivity (Wildman–Crippen MR) is 58.4 cm³/mol. The van der Waals surface area contributed by atoms with Gasteiger partial charge in [-0.1, -0.05) is 19.3 Å². The van der Waals surface area contributed by atoms with Crippen LogP contribution in [0.1, 0.15) is 38.5 Å². The minimum atomic E-state index is -1.33. The number of carbonyl (C=O) groups excluding carboxylic acids is 1. The predicted octanol–water partition coefficient (Wildman–Crippen LogP) is 0.611. The number of amides is 1. The second kappa shape index (κ2) is 6.22. The third kappa shape index (κ3) is 4.42. The molecule has 0 unspecified atom stereocenters. The molecular formula is C11H17NO5.